The molecular weight excluding hydrogens is 523 g/mol. The SMILES string of the molecule is Cc1c(-c2ccc(Oc3ccc(F)cc3)cc2)oc2nc(N(CCCCC(=O)O)S(C)(=O)=O)c(C3CC3)cc12. The first-order valence-electron chi connectivity index (χ1n) is 12.8. The molecule has 2 aromatic carbocycles. The van der Waals surface area contributed by atoms with E-state index in [1.54, 1.807) is 24.3 Å². The number of anilines is 1. The number of hydrogen-bond donors (Lipinski definition) is 1. The zero-order valence-corrected chi connectivity index (χ0v) is 22.5. The smallest absolute Gasteiger partial charge is 0.303 e. The molecule has 2 aromatic heterocycles. The lowest BCUT2D eigenvalue weighted by atomic mass is 10.0. The average Bonchev–Trinajstić information content (AvgIpc) is 3.68. The molecule has 5 rings (SSSR count). The summed E-state index contributed by atoms with van der Waals surface area (Å²) in [6, 6.07) is 15.1. The zero-order valence-electron chi connectivity index (χ0n) is 21.7. The quantitative estimate of drug-likeness (QED) is 0.208. The summed E-state index contributed by atoms with van der Waals surface area (Å²) in [5.41, 5.74) is 2.91. The third kappa shape index (κ3) is 6.06. The standard InChI is InChI=1S/C29H29FN2O6S/c1-18-24-17-25(19-6-7-19)28(32(39(2,35)36)16-4-3-5-26(33)34)31-29(24)38-27(18)20-8-12-22(13-9-20)37-23-14-10-21(30)11-15-23/h8-15,17,19H,3-7,16H2,1-2H3,(H,33,34). The van der Waals surface area contributed by atoms with Crippen LogP contribution in [0, 0.1) is 12.7 Å². The number of carboxylic acids is 1. The summed E-state index contributed by atoms with van der Waals surface area (Å²) in [7, 11) is -3.66. The van der Waals surface area contributed by atoms with Crippen LogP contribution in [0.5, 0.6) is 11.5 Å². The molecule has 1 fully saturated rings. The lowest BCUT2D eigenvalue weighted by Gasteiger charge is -2.23. The maximum Gasteiger partial charge on any atom is 0.303 e. The number of ether oxygens (including phenoxy) is 1. The van der Waals surface area contributed by atoms with Crippen molar-refractivity contribution in [2.45, 2.75) is 44.9 Å². The minimum atomic E-state index is -3.66. The van der Waals surface area contributed by atoms with E-state index in [2.05, 4.69) is 0 Å². The number of halogens is 1. The van der Waals surface area contributed by atoms with Gasteiger partial charge in [0.15, 0.2) is 0 Å². The van der Waals surface area contributed by atoms with E-state index in [-0.39, 0.29) is 24.7 Å². The van der Waals surface area contributed by atoms with Crippen LogP contribution in [0.3, 0.4) is 0 Å². The van der Waals surface area contributed by atoms with E-state index >= 15 is 0 Å². The largest absolute Gasteiger partial charge is 0.481 e. The van der Waals surface area contributed by atoms with Crippen molar-refractivity contribution in [2.24, 2.45) is 0 Å². The summed E-state index contributed by atoms with van der Waals surface area (Å²) in [4.78, 5) is 15.6. The molecule has 8 nitrogen and oxygen atoms in total. The Labute approximate surface area is 226 Å². The normalized spacial score (nSPS) is 13.5. The number of furan rings is 1. The van der Waals surface area contributed by atoms with Crippen LogP contribution in [0.2, 0.25) is 0 Å². The highest BCUT2D eigenvalue weighted by molar-refractivity contribution is 7.92. The van der Waals surface area contributed by atoms with Gasteiger partial charge in [0.25, 0.3) is 0 Å². The molecular formula is C29H29FN2O6S. The van der Waals surface area contributed by atoms with Gasteiger partial charge >= 0.3 is 5.97 Å². The van der Waals surface area contributed by atoms with Crippen molar-refractivity contribution in [3.8, 4) is 22.8 Å². The van der Waals surface area contributed by atoms with E-state index in [9.17, 15) is 17.6 Å². The number of nitrogens with zero attached hydrogens (tertiary/aromatic N) is 2. The van der Waals surface area contributed by atoms with E-state index in [0.717, 1.165) is 41.2 Å². The van der Waals surface area contributed by atoms with E-state index in [4.69, 9.17) is 19.2 Å². The van der Waals surface area contributed by atoms with Gasteiger partial charge in [-0.15, -0.1) is 0 Å². The second-order valence-corrected chi connectivity index (χ2v) is 11.8. The van der Waals surface area contributed by atoms with Gasteiger partial charge in [0, 0.05) is 29.5 Å². The number of unbranched alkanes of at least 4 members (excludes halogenated alkanes) is 1. The van der Waals surface area contributed by atoms with Gasteiger partial charge in [-0.25, -0.2) is 12.8 Å². The van der Waals surface area contributed by atoms with Crippen molar-refractivity contribution in [2.75, 3.05) is 17.1 Å². The van der Waals surface area contributed by atoms with E-state index in [0.29, 0.717) is 41.6 Å². The molecule has 1 saturated carbocycles. The van der Waals surface area contributed by atoms with Crippen molar-refractivity contribution in [1.29, 1.82) is 0 Å². The molecule has 0 aliphatic heterocycles. The maximum atomic E-state index is 13.2. The number of carboxylic acid groups (broad SMARTS) is 1. The molecule has 0 spiro atoms. The number of benzene rings is 2. The van der Waals surface area contributed by atoms with Gasteiger partial charge in [0.1, 0.15) is 28.9 Å². The predicted octanol–water partition coefficient (Wildman–Crippen LogP) is 6.63. The minimum Gasteiger partial charge on any atom is -0.481 e. The summed E-state index contributed by atoms with van der Waals surface area (Å²) in [5.74, 6) is 1.06. The molecule has 2 heterocycles. The summed E-state index contributed by atoms with van der Waals surface area (Å²) in [5, 5.41) is 9.76. The predicted molar refractivity (Wildman–Crippen MR) is 146 cm³/mol. The molecule has 0 atom stereocenters. The summed E-state index contributed by atoms with van der Waals surface area (Å²) < 4.78 is 52.0. The molecule has 0 bridgehead atoms. The Kier molecular flexibility index (Phi) is 7.31. The summed E-state index contributed by atoms with van der Waals surface area (Å²) in [6.07, 6.45) is 3.80. The van der Waals surface area contributed by atoms with Crippen LogP contribution >= 0.6 is 0 Å². The van der Waals surface area contributed by atoms with Gasteiger partial charge in [0.05, 0.1) is 6.26 Å². The third-order valence-electron chi connectivity index (χ3n) is 6.76. The van der Waals surface area contributed by atoms with Gasteiger partial charge in [-0.3, -0.25) is 9.10 Å². The van der Waals surface area contributed by atoms with Crippen LogP contribution in [0.15, 0.2) is 59.0 Å². The van der Waals surface area contributed by atoms with Crippen molar-refractivity contribution in [3.63, 3.8) is 0 Å². The number of aryl methyl sites for hydroxylation is 1. The van der Waals surface area contributed by atoms with Crippen molar-refractivity contribution in [3.05, 3.63) is 71.5 Å². The lowest BCUT2D eigenvalue weighted by Crippen LogP contribution is -2.32. The molecule has 0 unspecified atom stereocenters. The second kappa shape index (κ2) is 10.7. The molecule has 204 valence electrons. The van der Waals surface area contributed by atoms with Crippen molar-refractivity contribution in [1.82, 2.24) is 4.98 Å². The van der Waals surface area contributed by atoms with Gasteiger partial charge in [0.2, 0.25) is 15.7 Å². The highest BCUT2D eigenvalue weighted by Crippen LogP contribution is 2.46. The van der Waals surface area contributed by atoms with Gasteiger partial charge < -0.3 is 14.3 Å². The first kappa shape index (κ1) is 26.7. The summed E-state index contributed by atoms with van der Waals surface area (Å²) >= 11 is 0. The fourth-order valence-corrected chi connectivity index (χ4v) is 5.51. The number of aromatic nitrogens is 1. The Morgan fingerprint density at radius 1 is 1.10 bits per heavy atom. The topological polar surface area (TPSA) is 110 Å². The van der Waals surface area contributed by atoms with Crippen LogP contribution in [-0.4, -0.2) is 37.3 Å². The van der Waals surface area contributed by atoms with Gasteiger partial charge in [-0.1, -0.05) is 0 Å². The second-order valence-electron chi connectivity index (χ2n) is 9.85. The van der Waals surface area contributed by atoms with Gasteiger partial charge in [-0.2, -0.15) is 4.98 Å². The molecule has 0 amide bonds. The van der Waals surface area contributed by atoms with E-state index in [1.165, 1.54) is 16.4 Å². The van der Waals surface area contributed by atoms with Crippen LogP contribution < -0.4 is 9.04 Å². The Morgan fingerprint density at radius 2 is 1.74 bits per heavy atom. The Hall–Kier alpha value is -3.92. The molecule has 0 radical (unpaired) electrons. The molecule has 4 aromatic rings. The molecule has 10 heteroatoms. The zero-order chi connectivity index (χ0) is 27.7. The number of rotatable bonds is 11. The van der Waals surface area contributed by atoms with Crippen molar-refractivity contribution < 1.29 is 31.9 Å². The number of hydrogen-bond acceptors (Lipinski definition) is 6. The highest BCUT2D eigenvalue weighted by atomic mass is 32.2. The van der Waals surface area contributed by atoms with E-state index < -0.39 is 16.0 Å². The summed E-state index contributed by atoms with van der Waals surface area (Å²) in [6.45, 7) is 2.09. The van der Waals surface area contributed by atoms with Crippen LogP contribution in [0.25, 0.3) is 22.4 Å². The molecule has 1 aliphatic rings. The average molecular weight is 553 g/mol. The highest BCUT2D eigenvalue weighted by Gasteiger charge is 2.33. The number of fused-ring (bicyclic) bond motifs is 1. The number of aliphatic carboxylic acids is 1. The van der Waals surface area contributed by atoms with Crippen molar-refractivity contribution >= 4 is 32.9 Å². The van der Waals surface area contributed by atoms with Crippen LogP contribution in [0.4, 0.5) is 10.2 Å². The Balaban J connectivity index is 1.47. The maximum absolute atomic E-state index is 13.2. The fraction of sp³-hybridized carbons (Fsp3) is 0.310. The van der Waals surface area contributed by atoms with Gasteiger partial charge in [-0.05, 0) is 98.7 Å². The number of sulfonamides is 1. The molecule has 0 saturated heterocycles. The minimum absolute atomic E-state index is 0.0198. The first-order chi connectivity index (χ1) is 18.6. The molecule has 1 aliphatic carbocycles. The fourth-order valence-electron chi connectivity index (χ4n) is 4.59. The third-order valence-corrected chi connectivity index (χ3v) is 7.92. The monoisotopic (exact) mass is 552 g/mol. The molecule has 39 heavy (non-hydrogen) atoms. The lowest BCUT2D eigenvalue weighted by molar-refractivity contribution is -0.137. The van der Waals surface area contributed by atoms with E-state index in [1.807, 2.05) is 25.1 Å². The Bertz CT molecular complexity index is 1610. The number of carbonyl (C=O) groups is 1. The van der Waals surface area contributed by atoms with Crippen LogP contribution in [0.1, 0.15) is 49.1 Å². The molecule has 1 N–H and O–H groups in total. The number of pyridine rings is 1. The first-order valence-corrected chi connectivity index (χ1v) is 14.6. The Morgan fingerprint density at radius 3 is 2.33 bits per heavy atom. The van der Waals surface area contributed by atoms with Crippen LogP contribution in [-0.2, 0) is 14.8 Å².